The molecule has 37 heavy (non-hydrogen) atoms. The molecule has 6 nitrogen and oxygen atoms in total. The van der Waals surface area contributed by atoms with Crippen molar-refractivity contribution in [2.24, 2.45) is 0 Å². The van der Waals surface area contributed by atoms with Crippen molar-refractivity contribution in [2.45, 2.75) is 32.2 Å². The fourth-order valence-corrected chi connectivity index (χ4v) is 4.20. The molecular weight excluding hydrogens is 487 g/mol. The van der Waals surface area contributed by atoms with Crippen molar-refractivity contribution in [1.82, 2.24) is 0 Å². The third-order valence-corrected chi connectivity index (χ3v) is 5.78. The number of aliphatic hydroxyl groups excluding tert-OH is 1. The van der Waals surface area contributed by atoms with Gasteiger partial charge in [0.25, 0.3) is 11.7 Å². The lowest BCUT2D eigenvalue weighted by molar-refractivity contribution is -0.137. The van der Waals surface area contributed by atoms with E-state index in [2.05, 4.69) is 0 Å². The van der Waals surface area contributed by atoms with E-state index < -0.39 is 35.2 Å². The summed E-state index contributed by atoms with van der Waals surface area (Å²) in [6.45, 7) is 3.66. The Morgan fingerprint density at radius 1 is 0.946 bits per heavy atom. The predicted molar refractivity (Wildman–Crippen MR) is 131 cm³/mol. The molecule has 0 radical (unpaired) electrons. The van der Waals surface area contributed by atoms with Crippen molar-refractivity contribution in [3.8, 4) is 11.5 Å². The van der Waals surface area contributed by atoms with Crippen LogP contribution in [0.25, 0.3) is 5.76 Å². The van der Waals surface area contributed by atoms with Crippen LogP contribution in [-0.2, 0) is 15.8 Å². The van der Waals surface area contributed by atoms with Gasteiger partial charge in [0.2, 0.25) is 0 Å². The van der Waals surface area contributed by atoms with Crippen LogP contribution in [0.4, 0.5) is 18.9 Å². The highest BCUT2D eigenvalue weighted by Gasteiger charge is 2.47. The average molecular weight is 511 g/mol. The summed E-state index contributed by atoms with van der Waals surface area (Å²) in [4.78, 5) is 27.5. The van der Waals surface area contributed by atoms with Crippen LogP contribution >= 0.6 is 0 Å². The fourth-order valence-electron chi connectivity index (χ4n) is 4.20. The zero-order valence-electron chi connectivity index (χ0n) is 20.2. The van der Waals surface area contributed by atoms with E-state index in [1.165, 1.54) is 19.2 Å². The molecule has 0 aromatic heterocycles. The highest BCUT2D eigenvalue weighted by Crippen LogP contribution is 2.44. The topological polar surface area (TPSA) is 76.1 Å². The predicted octanol–water partition coefficient (Wildman–Crippen LogP) is 6.13. The molecule has 0 spiro atoms. The molecule has 1 atom stereocenters. The summed E-state index contributed by atoms with van der Waals surface area (Å²) in [5, 5.41) is 11.3. The Kier molecular flexibility index (Phi) is 6.98. The van der Waals surface area contributed by atoms with Crippen molar-refractivity contribution in [3.63, 3.8) is 0 Å². The molecule has 9 heteroatoms. The standard InChI is InChI=1S/C28H24F3NO5/c1-16(2)37-22-12-5-8-18(14-22)25(33)23-24(17-7-4-11-21(13-17)36-3)32(27(35)26(23)34)20-10-6-9-19(15-20)28(29,30)31/h4-16,24,33H,1-3H3/b25-23+. The van der Waals surface area contributed by atoms with Gasteiger partial charge in [0.15, 0.2) is 0 Å². The quantitative estimate of drug-likeness (QED) is 0.245. The van der Waals surface area contributed by atoms with Gasteiger partial charge in [-0.15, -0.1) is 0 Å². The second-order valence-corrected chi connectivity index (χ2v) is 8.69. The number of Topliss-reactive ketones (excluding diaryl/α,β-unsaturated/α-hetero) is 1. The van der Waals surface area contributed by atoms with Crippen LogP contribution in [0.15, 0.2) is 78.4 Å². The number of amides is 1. The molecule has 1 aliphatic rings. The Hall–Kier alpha value is -4.27. The van der Waals surface area contributed by atoms with Crippen LogP contribution in [0.1, 0.15) is 36.6 Å². The number of nitrogens with zero attached hydrogens (tertiary/aromatic N) is 1. The van der Waals surface area contributed by atoms with Crippen LogP contribution in [0, 0.1) is 0 Å². The zero-order valence-corrected chi connectivity index (χ0v) is 20.2. The molecule has 1 fully saturated rings. The molecule has 3 aromatic carbocycles. The van der Waals surface area contributed by atoms with Gasteiger partial charge in [-0.05, 0) is 61.9 Å². The van der Waals surface area contributed by atoms with E-state index >= 15 is 0 Å². The van der Waals surface area contributed by atoms with Crippen LogP contribution in [0.3, 0.4) is 0 Å². The lowest BCUT2D eigenvalue weighted by Gasteiger charge is -2.26. The number of ketones is 1. The second-order valence-electron chi connectivity index (χ2n) is 8.69. The van der Waals surface area contributed by atoms with E-state index in [0.29, 0.717) is 17.1 Å². The van der Waals surface area contributed by atoms with Gasteiger partial charge in [-0.2, -0.15) is 13.2 Å². The summed E-state index contributed by atoms with van der Waals surface area (Å²) in [6.07, 6.45) is -4.81. The first-order valence-electron chi connectivity index (χ1n) is 11.4. The molecule has 0 saturated carbocycles. The highest BCUT2D eigenvalue weighted by atomic mass is 19.4. The monoisotopic (exact) mass is 511 g/mol. The number of ether oxygens (including phenoxy) is 2. The summed E-state index contributed by atoms with van der Waals surface area (Å²) in [7, 11) is 1.43. The molecular formula is C28H24F3NO5. The summed E-state index contributed by atoms with van der Waals surface area (Å²) in [6, 6.07) is 15.7. The molecule has 0 bridgehead atoms. The van der Waals surface area contributed by atoms with Crippen molar-refractivity contribution < 1.29 is 37.3 Å². The molecule has 192 valence electrons. The molecule has 3 aromatic rings. The first-order valence-corrected chi connectivity index (χ1v) is 11.4. The average Bonchev–Trinajstić information content (AvgIpc) is 3.13. The van der Waals surface area contributed by atoms with E-state index in [9.17, 15) is 27.9 Å². The van der Waals surface area contributed by atoms with Crippen LogP contribution in [-0.4, -0.2) is 30.0 Å². The van der Waals surface area contributed by atoms with E-state index in [-0.39, 0.29) is 22.9 Å². The third-order valence-electron chi connectivity index (χ3n) is 5.78. The largest absolute Gasteiger partial charge is 0.507 e. The molecule has 1 amide bonds. The first kappa shape index (κ1) is 25.8. The Morgan fingerprint density at radius 2 is 1.62 bits per heavy atom. The summed E-state index contributed by atoms with van der Waals surface area (Å²) < 4.78 is 51.3. The maximum Gasteiger partial charge on any atom is 0.416 e. The van der Waals surface area contributed by atoms with E-state index in [1.54, 1.807) is 42.5 Å². The number of carbonyl (C=O) groups excluding carboxylic acids is 2. The van der Waals surface area contributed by atoms with Crippen LogP contribution in [0.2, 0.25) is 0 Å². The number of alkyl halides is 3. The minimum Gasteiger partial charge on any atom is -0.507 e. The summed E-state index contributed by atoms with van der Waals surface area (Å²) in [5.41, 5.74) is -0.798. The number of anilines is 1. The van der Waals surface area contributed by atoms with E-state index in [1.807, 2.05) is 13.8 Å². The zero-order chi connectivity index (χ0) is 26.9. The SMILES string of the molecule is COc1cccc(C2/C(=C(\O)c3cccc(OC(C)C)c3)C(=O)C(=O)N2c2cccc(C(F)(F)F)c2)c1. The first-order chi connectivity index (χ1) is 17.5. The van der Waals surface area contributed by atoms with Gasteiger partial charge < -0.3 is 14.6 Å². The second kappa shape index (κ2) is 10.0. The van der Waals surface area contributed by atoms with Gasteiger partial charge in [0.05, 0.1) is 30.4 Å². The molecule has 1 saturated heterocycles. The van der Waals surface area contributed by atoms with Crippen molar-refractivity contribution in [2.75, 3.05) is 12.0 Å². The Bertz CT molecular complexity index is 1380. The van der Waals surface area contributed by atoms with Gasteiger partial charge in [-0.3, -0.25) is 14.5 Å². The minimum absolute atomic E-state index is 0.138. The molecule has 4 rings (SSSR count). The van der Waals surface area contributed by atoms with Gasteiger partial charge in [0, 0.05) is 11.3 Å². The number of halogens is 3. The molecule has 1 unspecified atom stereocenters. The molecule has 0 aliphatic carbocycles. The van der Waals surface area contributed by atoms with Crippen LogP contribution in [0.5, 0.6) is 11.5 Å². The van der Waals surface area contributed by atoms with Crippen molar-refractivity contribution in [1.29, 1.82) is 0 Å². The Morgan fingerprint density at radius 3 is 2.30 bits per heavy atom. The number of hydrogen-bond donors (Lipinski definition) is 1. The highest BCUT2D eigenvalue weighted by molar-refractivity contribution is 6.51. The molecule has 1 N–H and O–H groups in total. The van der Waals surface area contributed by atoms with Crippen molar-refractivity contribution in [3.05, 3.63) is 95.1 Å². The maximum absolute atomic E-state index is 13.5. The number of carbonyl (C=O) groups is 2. The smallest absolute Gasteiger partial charge is 0.416 e. The minimum atomic E-state index is -4.66. The van der Waals surface area contributed by atoms with Crippen LogP contribution < -0.4 is 14.4 Å². The van der Waals surface area contributed by atoms with Gasteiger partial charge in [0.1, 0.15) is 17.3 Å². The number of hydrogen-bond acceptors (Lipinski definition) is 5. The van der Waals surface area contributed by atoms with Gasteiger partial charge >= 0.3 is 6.18 Å². The number of methoxy groups -OCH3 is 1. The third kappa shape index (κ3) is 5.16. The van der Waals surface area contributed by atoms with Gasteiger partial charge in [-0.1, -0.05) is 30.3 Å². The molecule has 1 aliphatic heterocycles. The fraction of sp³-hybridized carbons (Fsp3) is 0.214. The summed E-state index contributed by atoms with van der Waals surface area (Å²) in [5.74, 6) is -1.74. The van der Waals surface area contributed by atoms with Gasteiger partial charge in [-0.25, -0.2) is 0 Å². The number of aliphatic hydroxyl groups is 1. The lowest BCUT2D eigenvalue weighted by atomic mass is 9.94. The maximum atomic E-state index is 13.5. The number of rotatable bonds is 6. The van der Waals surface area contributed by atoms with E-state index in [0.717, 1.165) is 23.1 Å². The summed E-state index contributed by atoms with van der Waals surface area (Å²) >= 11 is 0. The molecule has 1 heterocycles. The van der Waals surface area contributed by atoms with E-state index in [4.69, 9.17) is 9.47 Å². The normalized spacial score (nSPS) is 17.4. The Balaban J connectivity index is 1.93. The lowest BCUT2D eigenvalue weighted by Crippen LogP contribution is -2.29. The van der Waals surface area contributed by atoms with Crippen molar-refractivity contribution >= 4 is 23.1 Å². The Labute approximate surface area is 211 Å². The number of benzene rings is 3.